The summed E-state index contributed by atoms with van der Waals surface area (Å²) in [5.74, 6) is -0.980. The number of rotatable bonds is 3. The van der Waals surface area contributed by atoms with Crippen molar-refractivity contribution < 1.29 is 9.59 Å². The van der Waals surface area contributed by atoms with Gasteiger partial charge in [-0.3, -0.25) is 9.59 Å². The number of carbonyl (C=O) groups is 2. The van der Waals surface area contributed by atoms with E-state index in [0.717, 1.165) is 10.2 Å². The third kappa shape index (κ3) is 2.36. The van der Waals surface area contributed by atoms with Crippen LogP contribution in [-0.2, 0) is 0 Å². The predicted molar refractivity (Wildman–Crippen MR) is 82.1 cm³/mol. The minimum atomic E-state index is -0.498. The lowest BCUT2D eigenvalue weighted by atomic mass is 10.1. The first kappa shape index (κ1) is 13.3. The molecule has 0 saturated carbocycles. The van der Waals surface area contributed by atoms with Gasteiger partial charge in [0, 0.05) is 16.7 Å². The molecule has 4 N–H and O–H groups in total. The molecule has 2 amide bonds. The second kappa shape index (κ2) is 4.99. The molecule has 1 aromatic heterocycles. The molecule has 0 aliphatic rings. The van der Waals surface area contributed by atoms with E-state index in [-0.39, 0.29) is 0 Å². The molecule has 104 valence electrons. The lowest BCUT2D eigenvalue weighted by Gasteiger charge is -2.01. The van der Waals surface area contributed by atoms with Crippen LogP contribution in [0.1, 0.15) is 20.7 Å². The van der Waals surface area contributed by atoms with Gasteiger partial charge < -0.3 is 11.5 Å². The maximum Gasteiger partial charge on any atom is 0.249 e. The van der Waals surface area contributed by atoms with Gasteiger partial charge in [0.05, 0.1) is 10.2 Å². The van der Waals surface area contributed by atoms with Gasteiger partial charge in [0.15, 0.2) is 0 Å². The Morgan fingerprint density at radius 3 is 2.48 bits per heavy atom. The number of hydrogen-bond donors (Lipinski definition) is 2. The second-order valence-electron chi connectivity index (χ2n) is 4.48. The first-order chi connectivity index (χ1) is 10.1. The molecule has 0 fully saturated rings. The molecule has 0 bridgehead atoms. The molecule has 1 heterocycles. The summed E-state index contributed by atoms with van der Waals surface area (Å²) in [4.78, 5) is 27.2. The summed E-state index contributed by atoms with van der Waals surface area (Å²) < 4.78 is 0.834. The lowest BCUT2D eigenvalue weighted by Crippen LogP contribution is -2.12. The molecule has 6 heteroatoms. The number of fused-ring (bicyclic) bond motifs is 1. The number of primary amides is 2. The molecule has 0 radical (unpaired) electrons. The monoisotopic (exact) mass is 297 g/mol. The molecule has 5 nitrogen and oxygen atoms in total. The van der Waals surface area contributed by atoms with Gasteiger partial charge in [-0.05, 0) is 24.3 Å². The van der Waals surface area contributed by atoms with Gasteiger partial charge >= 0.3 is 0 Å². The van der Waals surface area contributed by atoms with E-state index in [1.807, 2.05) is 6.07 Å². The number of nitrogens with two attached hydrogens (primary N) is 2. The van der Waals surface area contributed by atoms with E-state index in [4.69, 9.17) is 11.5 Å². The van der Waals surface area contributed by atoms with Gasteiger partial charge in [0.25, 0.3) is 0 Å². The van der Waals surface area contributed by atoms with Crippen LogP contribution in [0.4, 0.5) is 0 Å². The zero-order valence-electron chi connectivity index (χ0n) is 10.9. The minimum Gasteiger partial charge on any atom is -0.366 e. The van der Waals surface area contributed by atoms with Gasteiger partial charge in [-0.25, -0.2) is 4.98 Å². The number of aromatic nitrogens is 1. The largest absolute Gasteiger partial charge is 0.366 e. The van der Waals surface area contributed by atoms with Crippen LogP contribution in [0.3, 0.4) is 0 Å². The second-order valence-corrected chi connectivity index (χ2v) is 5.51. The normalized spacial score (nSPS) is 10.7. The lowest BCUT2D eigenvalue weighted by molar-refractivity contribution is 0.0992. The number of thiazole rings is 1. The molecular weight excluding hydrogens is 286 g/mol. The number of nitrogens with zero attached hydrogens (tertiary/aromatic N) is 1. The Labute approximate surface area is 124 Å². The third-order valence-electron chi connectivity index (χ3n) is 3.10. The van der Waals surface area contributed by atoms with Crippen LogP contribution in [0.2, 0.25) is 0 Å². The fourth-order valence-electron chi connectivity index (χ4n) is 2.08. The molecule has 0 aliphatic carbocycles. The van der Waals surface area contributed by atoms with E-state index in [9.17, 15) is 9.59 Å². The van der Waals surface area contributed by atoms with E-state index in [2.05, 4.69) is 4.98 Å². The Kier molecular flexibility index (Phi) is 3.15. The summed E-state index contributed by atoms with van der Waals surface area (Å²) in [6, 6.07) is 12.1. The van der Waals surface area contributed by atoms with Crippen molar-refractivity contribution in [3.63, 3.8) is 0 Å². The molecule has 21 heavy (non-hydrogen) atoms. The molecule has 0 atom stereocenters. The van der Waals surface area contributed by atoms with Gasteiger partial charge in [0.1, 0.15) is 5.01 Å². The van der Waals surface area contributed by atoms with Gasteiger partial charge in [-0.2, -0.15) is 0 Å². The Bertz CT molecular complexity index is 870. The highest BCUT2D eigenvalue weighted by Crippen LogP contribution is 2.32. The molecule has 3 aromatic rings. The molecule has 2 aromatic carbocycles. The number of hydrogen-bond acceptors (Lipinski definition) is 4. The van der Waals surface area contributed by atoms with Crippen molar-refractivity contribution in [3.05, 3.63) is 53.6 Å². The van der Waals surface area contributed by atoms with Crippen molar-refractivity contribution in [2.45, 2.75) is 0 Å². The van der Waals surface area contributed by atoms with Crippen molar-refractivity contribution in [2.24, 2.45) is 11.5 Å². The fraction of sp³-hybridized carbons (Fsp3) is 0. The summed E-state index contributed by atoms with van der Waals surface area (Å²) >= 11 is 1.39. The van der Waals surface area contributed by atoms with Crippen molar-refractivity contribution in [2.75, 3.05) is 0 Å². The van der Waals surface area contributed by atoms with Crippen LogP contribution in [0.25, 0.3) is 20.8 Å². The number of amides is 2. The molecule has 3 rings (SSSR count). The standard InChI is InChI=1S/C15H11N3O2S/c16-13(19)8-5-6-11-12(7-8)21-15(18-11)10-4-2-1-3-9(10)14(17)20/h1-7H,(H2,16,19)(H2,17,20). The van der Waals surface area contributed by atoms with Crippen LogP contribution in [0, 0.1) is 0 Å². The van der Waals surface area contributed by atoms with E-state index in [1.165, 1.54) is 11.3 Å². The third-order valence-corrected chi connectivity index (χ3v) is 4.15. The summed E-state index contributed by atoms with van der Waals surface area (Å²) in [7, 11) is 0. The highest BCUT2D eigenvalue weighted by molar-refractivity contribution is 7.21. The molecule has 0 aliphatic heterocycles. The highest BCUT2D eigenvalue weighted by atomic mass is 32.1. The van der Waals surface area contributed by atoms with E-state index >= 15 is 0 Å². The van der Waals surface area contributed by atoms with Gasteiger partial charge in [-0.1, -0.05) is 18.2 Å². The summed E-state index contributed by atoms with van der Waals surface area (Å²) in [6.45, 7) is 0. The molecule has 0 unspecified atom stereocenters. The van der Waals surface area contributed by atoms with Crippen LogP contribution in [0.15, 0.2) is 42.5 Å². The maximum absolute atomic E-state index is 11.5. The van der Waals surface area contributed by atoms with Crippen molar-refractivity contribution in [1.29, 1.82) is 0 Å². The Morgan fingerprint density at radius 2 is 1.76 bits per heavy atom. The summed E-state index contributed by atoms with van der Waals surface area (Å²) in [5, 5.41) is 0.682. The maximum atomic E-state index is 11.5. The van der Waals surface area contributed by atoms with E-state index in [0.29, 0.717) is 21.7 Å². The average molecular weight is 297 g/mol. The molecule has 0 spiro atoms. The van der Waals surface area contributed by atoms with E-state index < -0.39 is 11.8 Å². The van der Waals surface area contributed by atoms with Crippen LogP contribution in [0.5, 0.6) is 0 Å². The average Bonchev–Trinajstić information content (AvgIpc) is 2.89. The smallest absolute Gasteiger partial charge is 0.249 e. The zero-order valence-corrected chi connectivity index (χ0v) is 11.7. The Hall–Kier alpha value is -2.73. The molecular formula is C15H11N3O2S. The van der Waals surface area contributed by atoms with Crippen molar-refractivity contribution in [3.8, 4) is 10.6 Å². The highest BCUT2D eigenvalue weighted by Gasteiger charge is 2.14. The first-order valence-electron chi connectivity index (χ1n) is 6.16. The van der Waals surface area contributed by atoms with Crippen LogP contribution in [-0.4, -0.2) is 16.8 Å². The summed E-state index contributed by atoms with van der Waals surface area (Å²) in [6.07, 6.45) is 0. The number of carbonyl (C=O) groups excluding carboxylic acids is 2. The van der Waals surface area contributed by atoms with Crippen LogP contribution < -0.4 is 11.5 Å². The number of benzene rings is 2. The minimum absolute atomic E-state index is 0.423. The predicted octanol–water partition coefficient (Wildman–Crippen LogP) is 2.16. The SMILES string of the molecule is NC(=O)c1ccc2nc(-c3ccccc3C(N)=O)sc2c1. The fourth-order valence-corrected chi connectivity index (χ4v) is 3.12. The summed E-state index contributed by atoms with van der Waals surface area (Å²) in [5.41, 5.74) is 12.9. The van der Waals surface area contributed by atoms with Crippen molar-refractivity contribution in [1.82, 2.24) is 4.98 Å². The van der Waals surface area contributed by atoms with E-state index in [1.54, 1.807) is 36.4 Å². The zero-order chi connectivity index (χ0) is 15.0. The van der Waals surface area contributed by atoms with Crippen molar-refractivity contribution >= 4 is 33.4 Å². The quantitative estimate of drug-likeness (QED) is 0.774. The molecule has 0 saturated heterocycles. The van der Waals surface area contributed by atoms with Crippen LogP contribution >= 0.6 is 11.3 Å². The Morgan fingerprint density at radius 1 is 1.00 bits per heavy atom. The Balaban J connectivity index is 2.18. The van der Waals surface area contributed by atoms with Gasteiger partial charge in [-0.15, -0.1) is 11.3 Å². The van der Waals surface area contributed by atoms with Gasteiger partial charge in [0.2, 0.25) is 11.8 Å². The first-order valence-corrected chi connectivity index (χ1v) is 6.97. The topological polar surface area (TPSA) is 99.1 Å².